The number of fused-ring (bicyclic) bond motifs is 1. The zero-order chi connectivity index (χ0) is 16.9. The molecule has 0 aromatic heterocycles. The van der Waals surface area contributed by atoms with E-state index in [4.69, 9.17) is 0 Å². The molecule has 0 radical (unpaired) electrons. The second kappa shape index (κ2) is 5.23. The average molecular weight is 309 g/mol. The van der Waals surface area contributed by atoms with Crippen molar-refractivity contribution in [3.05, 3.63) is 69.5 Å². The summed E-state index contributed by atoms with van der Waals surface area (Å²) in [5.74, 6) is -0.145. The molecule has 0 amide bonds. The summed E-state index contributed by atoms with van der Waals surface area (Å²) < 4.78 is 13.9. The molecule has 2 aromatic rings. The van der Waals surface area contributed by atoms with Crippen LogP contribution < -0.4 is 4.90 Å². The quantitative estimate of drug-likeness (QED) is 0.678. The summed E-state index contributed by atoms with van der Waals surface area (Å²) in [5, 5.41) is 0. The van der Waals surface area contributed by atoms with Crippen molar-refractivity contribution in [2.24, 2.45) is 0 Å². The number of nitrogens with zero attached hydrogens (tertiary/aromatic N) is 1. The average Bonchev–Trinajstić information content (AvgIpc) is 2.49. The summed E-state index contributed by atoms with van der Waals surface area (Å²) in [6.45, 7) is 10.5. The zero-order valence-corrected chi connectivity index (χ0v) is 14.8. The van der Waals surface area contributed by atoms with Crippen molar-refractivity contribution in [1.29, 1.82) is 0 Å². The number of anilines is 1. The predicted octanol–water partition coefficient (Wildman–Crippen LogP) is 5.44. The topological polar surface area (TPSA) is 3.24 Å². The lowest BCUT2D eigenvalue weighted by atomic mass is 9.81. The molecular weight excluding hydrogens is 285 g/mol. The maximum Gasteiger partial charge on any atom is 0.126 e. The van der Waals surface area contributed by atoms with Crippen molar-refractivity contribution in [2.45, 2.75) is 40.2 Å². The van der Waals surface area contributed by atoms with Crippen LogP contribution in [0.1, 0.15) is 40.3 Å². The van der Waals surface area contributed by atoms with E-state index < -0.39 is 0 Å². The molecule has 1 aliphatic rings. The highest BCUT2D eigenvalue weighted by atomic mass is 19.1. The van der Waals surface area contributed by atoms with Crippen molar-refractivity contribution in [1.82, 2.24) is 0 Å². The summed E-state index contributed by atoms with van der Waals surface area (Å²) in [7, 11) is 2.09. The lowest BCUT2D eigenvalue weighted by Crippen LogP contribution is -2.42. The molecule has 0 bridgehead atoms. The molecule has 0 saturated carbocycles. The number of aryl methyl sites for hydroxylation is 3. The Morgan fingerprint density at radius 1 is 0.957 bits per heavy atom. The highest BCUT2D eigenvalue weighted by molar-refractivity contribution is 5.75. The van der Waals surface area contributed by atoms with E-state index in [2.05, 4.69) is 63.9 Å². The van der Waals surface area contributed by atoms with Gasteiger partial charge in [0.25, 0.3) is 0 Å². The summed E-state index contributed by atoms with van der Waals surface area (Å²) in [6, 6.07) is 8.07. The van der Waals surface area contributed by atoms with Crippen LogP contribution in [0.5, 0.6) is 0 Å². The summed E-state index contributed by atoms with van der Waals surface area (Å²) >= 11 is 0. The molecule has 2 aromatic carbocycles. The van der Waals surface area contributed by atoms with Gasteiger partial charge in [-0.1, -0.05) is 29.8 Å². The fourth-order valence-electron chi connectivity index (χ4n) is 3.56. The second-order valence-electron chi connectivity index (χ2n) is 6.95. The molecule has 0 spiro atoms. The second-order valence-corrected chi connectivity index (χ2v) is 6.95. The molecule has 120 valence electrons. The van der Waals surface area contributed by atoms with E-state index in [1.807, 2.05) is 13.0 Å². The molecule has 1 nitrogen and oxygen atoms in total. The summed E-state index contributed by atoms with van der Waals surface area (Å²) in [4.78, 5) is 2.26. The van der Waals surface area contributed by atoms with Crippen LogP contribution in [0.2, 0.25) is 0 Å². The molecule has 0 fully saturated rings. The van der Waals surface area contributed by atoms with Gasteiger partial charge in [-0.05, 0) is 69.0 Å². The normalized spacial score (nSPS) is 19.9. The number of hydrogen-bond acceptors (Lipinski definition) is 1. The molecule has 0 N–H and O–H groups in total. The largest absolute Gasteiger partial charge is 0.361 e. The minimum atomic E-state index is -0.238. The fourth-order valence-corrected chi connectivity index (χ4v) is 3.56. The lowest BCUT2D eigenvalue weighted by Gasteiger charge is -2.43. The summed E-state index contributed by atoms with van der Waals surface area (Å²) in [6.07, 6.45) is 4.24. The minimum Gasteiger partial charge on any atom is -0.361 e. The van der Waals surface area contributed by atoms with E-state index in [-0.39, 0.29) is 11.4 Å². The van der Waals surface area contributed by atoms with E-state index in [9.17, 15) is 4.39 Å². The lowest BCUT2D eigenvalue weighted by molar-refractivity contribution is 0.569. The number of likely N-dealkylation sites (N-methyl/N-ethyl adjacent to an activating group) is 1. The van der Waals surface area contributed by atoms with Gasteiger partial charge >= 0.3 is 0 Å². The zero-order valence-electron chi connectivity index (χ0n) is 14.8. The third kappa shape index (κ3) is 2.37. The maximum absolute atomic E-state index is 13.9. The van der Waals surface area contributed by atoms with Gasteiger partial charge in [0.05, 0.1) is 5.54 Å². The number of halogens is 1. The molecule has 1 heterocycles. The van der Waals surface area contributed by atoms with Gasteiger partial charge < -0.3 is 4.90 Å². The van der Waals surface area contributed by atoms with Crippen LogP contribution in [0, 0.1) is 33.5 Å². The highest BCUT2D eigenvalue weighted by Crippen LogP contribution is 2.42. The molecule has 0 aliphatic carbocycles. The first-order valence-corrected chi connectivity index (χ1v) is 8.05. The van der Waals surface area contributed by atoms with Gasteiger partial charge in [0.2, 0.25) is 0 Å². The molecule has 3 rings (SSSR count). The maximum atomic E-state index is 13.9. The van der Waals surface area contributed by atoms with Crippen LogP contribution in [0.25, 0.3) is 6.08 Å². The fraction of sp³-hybridized carbons (Fsp3) is 0.333. The van der Waals surface area contributed by atoms with Gasteiger partial charge in [-0.15, -0.1) is 0 Å². The molecular formula is C21H24FN. The van der Waals surface area contributed by atoms with Gasteiger partial charge in [0.1, 0.15) is 5.82 Å². The number of hydrogen-bond donors (Lipinski definition) is 0. The van der Waals surface area contributed by atoms with E-state index >= 15 is 0 Å². The van der Waals surface area contributed by atoms with E-state index in [1.54, 1.807) is 6.07 Å². The van der Waals surface area contributed by atoms with E-state index in [0.29, 0.717) is 5.56 Å². The Kier molecular flexibility index (Phi) is 3.59. The Hall–Kier alpha value is -2.09. The van der Waals surface area contributed by atoms with Crippen LogP contribution >= 0.6 is 0 Å². The van der Waals surface area contributed by atoms with Crippen molar-refractivity contribution >= 4 is 11.8 Å². The third-order valence-corrected chi connectivity index (χ3v) is 5.31. The van der Waals surface area contributed by atoms with Gasteiger partial charge in [0, 0.05) is 18.3 Å². The van der Waals surface area contributed by atoms with Crippen LogP contribution in [0.3, 0.4) is 0 Å². The third-order valence-electron chi connectivity index (χ3n) is 5.31. The van der Waals surface area contributed by atoms with Crippen molar-refractivity contribution in [3.63, 3.8) is 0 Å². The smallest absolute Gasteiger partial charge is 0.126 e. The molecule has 1 atom stereocenters. The first-order chi connectivity index (χ1) is 10.7. The highest BCUT2D eigenvalue weighted by Gasteiger charge is 2.34. The first kappa shape index (κ1) is 15.8. The van der Waals surface area contributed by atoms with Gasteiger partial charge in [-0.25, -0.2) is 4.39 Å². The molecule has 23 heavy (non-hydrogen) atoms. The van der Waals surface area contributed by atoms with Crippen molar-refractivity contribution < 1.29 is 4.39 Å². The van der Waals surface area contributed by atoms with Gasteiger partial charge in [0.15, 0.2) is 0 Å². The van der Waals surface area contributed by atoms with Crippen LogP contribution in [-0.4, -0.2) is 7.05 Å². The van der Waals surface area contributed by atoms with Gasteiger partial charge in [-0.2, -0.15) is 0 Å². The van der Waals surface area contributed by atoms with Crippen molar-refractivity contribution in [3.8, 4) is 0 Å². The predicted molar refractivity (Wildman–Crippen MR) is 96.6 cm³/mol. The monoisotopic (exact) mass is 309 g/mol. The Labute approximate surface area is 138 Å². The molecule has 1 aliphatic heterocycles. The number of rotatable bonds is 1. The molecule has 1 unspecified atom stereocenters. The Morgan fingerprint density at radius 3 is 2.35 bits per heavy atom. The Morgan fingerprint density at radius 2 is 1.65 bits per heavy atom. The number of benzene rings is 2. The first-order valence-electron chi connectivity index (χ1n) is 8.05. The Balaban J connectivity index is 2.20. The minimum absolute atomic E-state index is 0.145. The van der Waals surface area contributed by atoms with E-state index in [1.165, 1.54) is 22.3 Å². The Bertz CT molecular complexity index is 819. The summed E-state index contributed by atoms with van der Waals surface area (Å²) in [5.41, 5.74) is 7.67. The van der Waals surface area contributed by atoms with Crippen LogP contribution in [0.4, 0.5) is 10.1 Å². The molecule has 0 saturated heterocycles. The molecule has 2 heteroatoms. The van der Waals surface area contributed by atoms with Gasteiger partial charge in [-0.3, -0.25) is 0 Å². The van der Waals surface area contributed by atoms with E-state index in [0.717, 1.165) is 11.3 Å². The van der Waals surface area contributed by atoms with Crippen LogP contribution in [-0.2, 0) is 5.54 Å². The van der Waals surface area contributed by atoms with Crippen LogP contribution in [0.15, 0.2) is 30.3 Å². The SMILES string of the molecule is Cc1cc(C)c(C)c(C2(C)C=Cc3cc(F)c(C)cc3N2C)c1. The standard InChI is InChI=1S/C21H24FN/c1-13-9-14(2)16(4)18(10-13)21(5)8-7-17-12-19(22)15(3)11-20(17)23(21)6/h7-12H,1-6H3. The van der Waals surface area contributed by atoms with Crippen molar-refractivity contribution in [2.75, 3.05) is 11.9 Å².